The van der Waals surface area contributed by atoms with Gasteiger partial charge in [-0.2, -0.15) is 0 Å². The van der Waals surface area contributed by atoms with E-state index in [1.54, 1.807) is 18.2 Å². The number of benzene rings is 1. The lowest BCUT2D eigenvalue weighted by molar-refractivity contribution is 0.0935. The normalized spacial score (nSPS) is 11.9. The molecule has 0 spiro atoms. The summed E-state index contributed by atoms with van der Waals surface area (Å²) in [6, 6.07) is 9.69. The first-order valence-electron chi connectivity index (χ1n) is 6.24. The van der Waals surface area contributed by atoms with Gasteiger partial charge >= 0.3 is 0 Å². The van der Waals surface area contributed by atoms with Gasteiger partial charge in [0.2, 0.25) is 5.91 Å². The lowest BCUT2D eigenvalue weighted by atomic mass is 10.1. The van der Waals surface area contributed by atoms with Gasteiger partial charge in [0.05, 0.1) is 6.04 Å². The van der Waals surface area contributed by atoms with Gasteiger partial charge in [-0.05, 0) is 44.2 Å². The summed E-state index contributed by atoms with van der Waals surface area (Å²) >= 11 is 0. The van der Waals surface area contributed by atoms with Crippen molar-refractivity contribution in [2.45, 2.75) is 19.9 Å². The molecule has 104 valence electrons. The third-order valence-corrected chi connectivity index (χ3v) is 2.94. The van der Waals surface area contributed by atoms with Crippen molar-refractivity contribution in [3.05, 3.63) is 59.0 Å². The van der Waals surface area contributed by atoms with E-state index in [4.69, 9.17) is 10.2 Å². The van der Waals surface area contributed by atoms with Crippen LogP contribution in [0.15, 0.2) is 40.8 Å². The predicted octanol–water partition coefficient (Wildman–Crippen LogP) is 2.18. The van der Waals surface area contributed by atoms with Crippen LogP contribution in [0.2, 0.25) is 0 Å². The molecule has 0 aliphatic carbocycles. The number of hydrogen-bond acceptors (Lipinski definition) is 3. The number of aryl methyl sites for hydroxylation is 1. The van der Waals surface area contributed by atoms with Crippen LogP contribution in [0.3, 0.4) is 0 Å². The monoisotopic (exact) mass is 272 g/mol. The Morgan fingerprint density at radius 3 is 2.50 bits per heavy atom. The topological polar surface area (TPSA) is 85.3 Å². The summed E-state index contributed by atoms with van der Waals surface area (Å²) in [6.45, 7) is 3.67. The second-order valence-electron chi connectivity index (χ2n) is 4.59. The number of nitrogens with one attached hydrogen (secondary N) is 1. The highest BCUT2D eigenvalue weighted by molar-refractivity contribution is 5.99. The standard InChI is InChI=1S/C15H16N2O3/c1-9-6-7-13(20-9)10(2)17-15(19)12-5-3-4-11(8-12)14(16)18/h3-8,10H,1-2H3,(H2,16,18)(H,17,19). The van der Waals surface area contributed by atoms with Crippen molar-refractivity contribution in [2.75, 3.05) is 0 Å². The fourth-order valence-corrected chi connectivity index (χ4v) is 1.85. The molecule has 1 heterocycles. The van der Waals surface area contributed by atoms with Crippen LogP contribution in [0.25, 0.3) is 0 Å². The van der Waals surface area contributed by atoms with Crippen molar-refractivity contribution < 1.29 is 14.0 Å². The van der Waals surface area contributed by atoms with Crippen molar-refractivity contribution >= 4 is 11.8 Å². The van der Waals surface area contributed by atoms with Gasteiger partial charge in [0, 0.05) is 11.1 Å². The van der Waals surface area contributed by atoms with Crippen LogP contribution in [-0.2, 0) is 0 Å². The molecule has 3 N–H and O–H groups in total. The lowest BCUT2D eigenvalue weighted by Crippen LogP contribution is -2.26. The second-order valence-corrected chi connectivity index (χ2v) is 4.59. The van der Waals surface area contributed by atoms with Gasteiger partial charge in [0.15, 0.2) is 0 Å². The summed E-state index contributed by atoms with van der Waals surface area (Å²) in [7, 11) is 0. The van der Waals surface area contributed by atoms with Crippen LogP contribution in [-0.4, -0.2) is 11.8 Å². The number of primary amides is 1. The molecule has 0 aliphatic rings. The van der Waals surface area contributed by atoms with Crippen molar-refractivity contribution in [3.8, 4) is 0 Å². The Kier molecular flexibility index (Phi) is 3.89. The Labute approximate surface area is 116 Å². The van der Waals surface area contributed by atoms with Crippen LogP contribution in [0.1, 0.15) is 45.2 Å². The van der Waals surface area contributed by atoms with Gasteiger partial charge in [0.1, 0.15) is 11.5 Å². The fraction of sp³-hybridized carbons (Fsp3) is 0.200. The van der Waals surface area contributed by atoms with Gasteiger partial charge in [-0.15, -0.1) is 0 Å². The molecule has 0 bridgehead atoms. The van der Waals surface area contributed by atoms with Gasteiger partial charge < -0.3 is 15.5 Å². The Hall–Kier alpha value is -2.56. The molecule has 0 aliphatic heterocycles. The number of rotatable bonds is 4. The van der Waals surface area contributed by atoms with E-state index in [0.717, 1.165) is 5.76 Å². The van der Waals surface area contributed by atoms with Crippen LogP contribution >= 0.6 is 0 Å². The summed E-state index contributed by atoms with van der Waals surface area (Å²) < 4.78 is 5.46. The lowest BCUT2D eigenvalue weighted by Gasteiger charge is -2.11. The van der Waals surface area contributed by atoms with E-state index in [-0.39, 0.29) is 11.9 Å². The Morgan fingerprint density at radius 1 is 1.20 bits per heavy atom. The SMILES string of the molecule is Cc1ccc(C(C)NC(=O)c2cccc(C(N)=O)c2)o1. The van der Waals surface area contributed by atoms with Crippen molar-refractivity contribution in [2.24, 2.45) is 5.73 Å². The average Bonchev–Trinajstić information content (AvgIpc) is 2.85. The van der Waals surface area contributed by atoms with Gasteiger partial charge in [0.25, 0.3) is 5.91 Å². The molecule has 2 rings (SSSR count). The molecule has 0 fully saturated rings. The molecule has 1 unspecified atom stereocenters. The van der Waals surface area contributed by atoms with E-state index in [2.05, 4.69) is 5.32 Å². The molecule has 1 atom stereocenters. The van der Waals surface area contributed by atoms with Crippen molar-refractivity contribution in [1.29, 1.82) is 0 Å². The van der Waals surface area contributed by atoms with Gasteiger partial charge in [-0.3, -0.25) is 9.59 Å². The smallest absolute Gasteiger partial charge is 0.251 e. The van der Waals surface area contributed by atoms with E-state index in [1.807, 2.05) is 26.0 Å². The third-order valence-electron chi connectivity index (χ3n) is 2.94. The first-order valence-corrected chi connectivity index (χ1v) is 6.24. The Morgan fingerprint density at radius 2 is 1.90 bits per heavy atom. The largest absolute Gasteiger partial charge is 0.464 e. The number of hydrogen-bond donors (Lipinski definition) is 2. The highest BCUT2D eigenvalue weighted by Gasteiger charge is 2.14. The molecule has 2 amide bonds. The molecule has 0 radical (unpaired) electrons. The number of furan rings is 1. The van der Waals surface area contributed by atoms with Crippen LogP contribution < -0.4 is 11.1 Å². The van der Waals surface area contributed by atoms with E-state index in [9.17, 15) is 9.59 Å². The molecule has 1 aromatic carbocycles. The molecule has 0 saturated carbocycles. The maximum Gasteiger partial charge on any atom is 0.251 e. The molecule has 5 nitrogen and oxygen atoms in total. The highest BCUT2D eigenvalue weighted by atomic mass is 16.3. The minimum absolute atomic E-state index is 0.256. The number of carbonyl (C=O) groups is 2. The minimum atomic E-state index is -0.561. The molecular weight excluding hydrogens is 256 g/mol. The Bertz CT molecular complexity index is 646. The summed E-state index contributed by atoms with van der Waals surface area (Å²) in [5, 5.41) is 2.81. The van der Waals surface area contributed by atoms with E-state index in [1.165, 1.54) is 6.07 Å². The second kappa shape index (κ2) is 5.61. The summed E-state index contributed by atoms with van der Waals surface area (Å²) in [4.78, 5) is 23.2. The maximum absolute atomic E-state index is 12.1. The quantitative estimate of drug-likeness (QED) is 0.894. The minimum Gasteiger partial charge on any atom is -0.464 e. The van der Waals surface area contributed by atoms with E-state index in [0.29, 0.717) is 16.9 Å². The average molecular weight is 272 g/mol. The molecule has 0 saturated heterocycles. The van der Waals surface area contributed by atoms with Crippen molar-refractivity contribution in [1.82, 2.24) is 5.32 Å². The van der Waals surface area contributed by atoms with Crippen molar-refractivity contribution in [3.63, 3.8) is 0 Å². The van der Waals surface area contributed by atoms with Gasteiger partial charge in [-0.25, -0.2) is 0 Å². The zero-order valence-corrected chi connectivity index (χ0v) is 11.3. The highest BCUT2D eigenvalue weighted by Crippen LogP contribution is 2.16. The van der Waals surface area contributed by atoms with Crippen LogP contribution in [0, 0.1) is 6.92 Å². The summed E-state index contributed by atoms with van der Waals surface area (Å²) in [6.07, 6.45) is 0. The first kappa shape index (κ1) is 13.9. The number of carbonyl (C=O) groups excluding carboxylic acids is 2. The maximum atomic E-state index is 12.1. The first-order chi connectivity index (χ1) is 9.47. The van der Waals surface area contributed by atoms with E-state index < -0.39 is 5.91 Å². The molecule has 1 aromatic heterocycles. The predicted molar refractivity (Wildman–Crippen MR) is 74.3 cm³/mol. The summed E-state index contributed by atoms with van der Waals surface area (Å²) in [5.41, 5.74) is 5.88. The number of nitrogens with two attached hydrogens (primary N) is 1. The molecular formula is C15H16N2O3. The van der Waals surface area contributed by atoms with Crippen LogP contribution in [0.5, 0.6) is 0 Å². The zero-order valence-electron chi connectivity index (χ0n) is 11.3. The van der Waals surface area contributed by atoms with Crippen LogP contribution in [0.4, 0.5) is 0 Å². The Balaban J connectivity index is 2.12. The fourth-order valence-electron chi connectivity index (χ4n) is 1.85. The summed E-state index contributed by atoms with van der Waals surface area (Å²) in [5.74, 6) is 0.628. The molecule has 5 heteroatoms. The van der Waals surface area contributed by atoms with Gasteiger partial charge in [-0.1, -0.05) is 6.07 Å². The number of amides is 2. The molecule has 2 aromatic rings. The third kappa shape index (κ3) is 3.06. The molecule has 20 heavy (non-hydrogen) atoms. The van der Waals surface area contributed by atoms with E-state index >= 15 is 0 Å². The zero-order chi connectivity index (χ0) is 14.7.